The standard InChI is InChI=1S/C15H26N2S/c1-7-15(6,10-17-14(3,4)5)9-8-13-12(2)16-11-18-13/h7,11,17H,1,8-10H2,2-6H3. The number of nitrogens with one attached hydrogen (secondary N) is 1. The number of nitrogens with zero attached hydrogens (tertiary/aromatic N) is 1. The molecule has 0 aliphatic rings. The number of aryl methyl sites for hydroxylation is 2. The fourth-order valence-corrected chi connectivity index (χ4v) is 2.48. The van der Waals surface area contributed by atoms with Crippen LogP contribution in [0.1, 0.15) is 44.7 Å². The van der Waals surface area contributed by atoms with E-state index in [0.717, 1.165) is 19.4 Å². The molecule has 102 valence electrons. The van der Waals surface area contributed by atoms with Crippen LogP contribution in [0.2, 0.25) is 0 Å². The maximum Gasteiger partial charge on any atom is 0.0797 e. The van der Waals surface area contributed by atoms with Gasteiger partial charge in [0.2, 0.25) is 0 Å². The summed E-state index contributed by atoms with van der Waals surface area (Å²) < 4.78 is 0. The van der Waals surface area contributed by atoms with Crippen LogP contribution in [0.5, 0.6) is 0 Å². The van der Waals surface area contributed by atoms with Crippen LogP contribution >= 0.6 is 11.3 Å². The van der Waals surface area contributed by atoms with E-state index in [1.807, 2.05) is 5.51 Å². The summed E-state index contributed by atoms with van der Waals surface area (Å²) >= 11 is 1.76. The van der Waals surface area contributed by atoms with Crippen molar-refractivity contribution >= 4 is 11.3 Å². The molecule has 1 rings (SSSR count). The van der Waals surface area contributed by atoms with Gasteiger partial charge in [-0.3, -0.25) is 0 Å². The van der Waals surface area contributed by atoms with Gasteiger partial charge in [0.25, 0.3) is 0 Å². The van der Waals surface area contributed by atoms with Gasteiger partial charge in [-0.05, 0) is 46.0 Å². The van der Waals surface area contributed by atoms with E-state index in [0.29, 0.717) is 0 Å². The van der Waals surface area contributed by atoms with E-state index < -0.39 is 0 Å². The van der Waals surface area contributed by atoms with E-state index in [1.54, 1.807) is 11.3 Å². The Kier molecular flexibility index (Phi) is 5.11. The third-order valence-electron chi connectivity index (χ3n) is 3.28. The zero-order chi connectivity index (χ0) is 13.8. The van der Waals surface area contributed by atoms with Crippen LogP contribution in [0, 0.1) is 12.3 Å². The van der Waals surface area contributed by atoms with Crippen LogP contribution in [0.3, 0.4) is 0 Å². The summed E-state index contributed by atoms with van der Waals surface area (Å²) in [4.78, 5) is 5.71. The van der Waals surface area contributed by atoms with Gasteiger partial charge in [-0.15, -0.1) is 17.9 Å². The van der Waals surface area contributed by atoms with Gasteiger partial charge in [0.1, 0.15) is 0 Å². The summed E-state index contributed by atoms with van der Waals surface area (Å²) in [7, 11) is 0. The first-order valence-electron chi connectivity index (χ1n) is 6.53. The molecule has 3 heteroatoms. The lowest BCUT2D eigenvalue weighted by Crippen LogP contribution is -2.42. The van der Waals surface area contributed by atoms with E-state index in [1.165, 1.54) is 10.6 Å². The predicted molar refractivity (Wildman–Crippen MR) is 81.2 cm³/mol. The maximum absolute atomic E-state index is 4.31. The molecule has 0 radical (unpaired) electrons. The number of thiazole rings is 1. The van der Waals surface area contributed by atoms with Crippen LogP contribution in [0.15, 0.2) is 18.2 Å². The average Bonchev–Trinajstić information content (AvgIpc) is 2.69. The van der Waals surface area contributed by atoms with Gasteiger partial charge in [0.15, 0.2) is 0 Å². The van der Waals surface area contributed by atoms with Gasteiger partial charge in [0, 0.05) is 17.0 Å². The average molecular weight is 266 g/mol. The molecule has 1 N–H and O–H groups in total. The molecule has 0 aliphatic heterocycles. The molecule has 1 heterocycles. The molecular formula is C15H26N2S. The van der Waals surface area contributed by atoms with Crippen molar-refractivity contribution in [1.29, 1.82) is 0 Å². The lowest BCUT2D eigenvalue weighted by atomic mass is 9.84. The van der Waals surface area contributed by atoms with Gasteiger partial charge in [-0.25, -0.2) is 4.98 Å². The van der Waals surface area contributed by atoms with Gasteiger partial charge in [-0.1, -0.05) is 13.0 Å². The van der Waals surface area contributed by atoms with E-state index in [9.17, 15) is 0 Å². The van der Waals surface area contributed by atoms with E-state index in [2.05, 4.69) is 57.6 Å². The Hall–Kier alpha value is -0.670. The second kappa shape index (κ2) is 5.98. The lowest BCUT2D eigenvalue weighted by molar-refractivity contribution is 0.308. The predicted octanol–water partition coefficient (Wildman–Crippen LogP) is 3.96. The number of aromatic nitrogens is 1. The zero-order valence-corrected chi connectivity index (χ0v) is 13.2. The van der Waals surface area contributed by atoms with Crippen LogP contribution in [-0.2, 0) is 6.42 Å². The van der Waals surface area contributed by atoms with Crippen molar-refractivity contribution in [1.82, 2.24) is 10.3 Å². The van der Waals surface area contributed by atoms with E-state index in [4.69, 9.17) is 0 Å². The van der Waals surface area contributed by atoms with Crippen molar-refractivity contribution in [3.05, 3.63) is 28.7 Å². The Labute approximate surface area is 116 Å². The zero-order valence-electron chi connectivity index (χ0n) is 12.3. The number of hydrogen-bond acceptors (Lipinski definition) is 3. The fourth-order valence-electron chi connectivity index (χ4n) is 1.69. The second-order valence-corrected chi connectivity index (χ2v) is 7.26. The minimum atomic E-state index is 0.143. The largest absolute Gasteiger partial charge is 0.311 e. The van der Waals surface area contributed by atoms with E-state index >= 15 is 0 Å². The topological polar surface area (TPSA) is 24.9 Å². The summed E-state index contributed by atoms with van der Waals surface area (Å²) in [6.07, 6.45) is 4.29. The summed E-state index contributed by atoms with van der Waals surface area (Å²) in [6.45, 7) is 15.9. The maximum atomic E-state index is 4.31. The van der Waals surface area contributed by atoms with Crippen molar-refractivity contribution < 1.29 is 0 Å². The first kappa shape index (κ1) is 15.4. The molecule has 0 saturated heterocycles. The third-order valence-corrected chi connectivity index (χ3v) is 4.28. The fraction of sp³-hybridized carbons (Fsp3) is 0.667. The van der Waals surface area contributed by atoms with Gasteiger partial charge in [-0.2, -0.15) is 0 Å². The molecule has 0 amide bonds. The molecule has 0 saturated carbocycles. The Bertz CT molecular complexity index is 389. The third kappa shape index (κ3) is 4.91. The smallest absolute Gasteiger partial charge is 0.0797 e. The highest BCUT2D eigenvalue weighted by Crippen LogP contribution is 2.27. The number of rotatable bonds is 6. The number of hydrogen-bond donors (Lipinski definition) is 1. The quantitative estimate of drug-likeness (QED) is 0.788. The molecule has 0 aromatic carbocycles. The Morgan fingerprint density at radius 2 is 2.06 bits per heavy atom. The molecule has 1 aromatic heterocycles. The molecule has 1 atom stereocenters. The minimum Gasteiger partial charge on any atom is -0.311 e. The highest BCUT2D eigenvalue weighted by atomic mass is 32.1. The molecule has 0 spiro atoms. The van der Waals surface area contributed by atoms with Gasteiger partial charge >= 0.3 is 0 Å². The Morgan fingerprint density at radius 1 is 1.39 bits per heavy atom. The van der Waals surface area contributed by atoms with Crippen molar-refractivity contribution in [3.8, 4) is 0 Å². The van der Waals surface area contributed by atoms with Crippen LogP contribution in [0.25, 0.3) is 0 Å². The molecule has 1 aromatic rings. The van der Waals surface area contributed by atoms with Crippen LogP contribution < -0.4 is 5.32 Å². The summed E-state index contributed by atoms with van der Waals surface area (Å²) in [5, 5.41) is 3.57. The molecule has 0 fully saturated rings. The summed E-state index contributed by atoms with van der Waals surface area (Å²) in [5.74, 6) is 0. The second-order valence-electron chi connectivity index (χ2n) is 6.32. The monoisotopic (exact) mass is 266 g/mol. The molecule has 0 bridgehead atoms. The minimum absolute atomic E-state index is 0.143. The Balaban J connectivity index is 2.55. The van der Waals surface area contributed by atoms with Crippen molar-refractivity contribution in [2.45, 2.75) is 53.0 Å². The molecule has 2 nitrogen and oxygen atoms in total. The first-order chi connectivity index (χ1) is 8.26. The van der Waals surface area contributed by atoms with Gasteiger partial charge in [0.05, 0.1) is 11.2 Å². The Morgan fingerprint density at radius 3 is 2.50 bits per heavy atom. The molecule has 18 heavy (non-hydrogen) atoms. The van der Waals surface area contributed by atoms with Crippen LogP contribution in [0.4, 0.5) is 0 Å². The van der Waals surface area contributed by atoms with Gasteiger partial charge < -0.3 is 5.32 Å². The van der Waals surface area contributed by atoms with Crippen molar-refractivity contribution in [2.75, 3.05) is 6.54 Å². The normalized spacial score (nSPS) is 15.4. The first-order valence-corrected chi connectivity index (χ1v) is 7.41. The lowest BCUT2D eigenvalue weighted by Gasteiger charge is -2.31. The van der Waals surface area contributed by atoms with E-state index in [-0.39, 0.29) is 11.0 Å². The molecular weight excluding hydrogens is 240 g/mol. The van der Waals surface area contributed by atoms with Crippen LogP contribution in [-0.4, -0.2) is 17.1 Å². The SMILES string of the molecule is C=CC(C)(CCc1scnc1C)CNC(C)(C)C. The summed E-state index contributed by atoms with van der Waals surface area (Å²) in [6, 6.07) is 0. The summed E-state index contributed by atoms with van der Waals surface area (Å²) in [5.41, 5.74) is 3.41. The molecule has 1 unspecified atom stereocenters. The van der Waals surface area contributed by atoms with Crippen molar-refractivity contribution in [2.24, 2.45) is 5.41 Å². The van der Waals surface area contributed by atoms with Crippen molar-refractivity contribution in [3.63, 3.8) is 0 Å². The molecule has 0 aliphatic carbocycles. The highest BCUT2D eigenvalue weighted by Gasteiger charge is 2.23. The highest BCUT2D eigenvalue weighted by molar-refractivity contribution is 7.09.